The second kappa shape index (κ2) is 3.50. The molecule has 1 nitrogen and oxygen atoms in total. The highest BCUT2D eigenvalue weighted by molar-refractivity contribution is 7.99. The topological polar surface area (TPSA) is 12.0 Å². The Bertz CT molecular complexity index is 339. The molecule has 0 aliphatic carbocycles. The molecule has 0 saturated heterocycles. The standard InChI is InChI=1S/C12H17NS/c1-12(2,3)9-4-5-10-11(8-9)14-7-6-13-10/h4-5,8,13H,6-7H2,1-3H3. The number of hydrogen-bond acceptors (Lipinski definition) is 2. The van der Waals surface area contributed by atoms with Gasteiger partial charge in [0.1, 0.15) is 0 Å². The van der Waals surface area contributed by atoms with Gasteiger partial charge in [0.2, 0.25) is 0 Å². The lowest BCUT2D eigenvalue weighted by molar-refractivity contribution is 0.589. The monoisotopic (exact) mass is 207 g/mol. The summed E-state index contributed by atoms with van der Waals surface area (Å²) in [5.74, 6) is 1.18. The van der Waals surface area contributed by atoms with E-state index in [-0.39, 0.29) is 5.41 Å². The number of thioether (sulfide) groups is 1. The van der Waals surface area contributed by atoms with Gasteiger partial charge in [-0.05, 0) is 23.1 Å². The van der Waals surface area contributed by atoms with Gasteiger partial charge in [-0.15, -0.1) is 11.8 Å². The zero-order valence-corrected chi connectivity index (χ0v) is 9.87. The molecule has 0 fully saturated rings. The van der Waals surface area contributed by atoms with Gasteiger partial charge < -0.3 is 5.32 Å². The third-order valence-corrected chi connectivity index (χ3v) is 3.58. The molecule has 0 amide bonds. The Morgan fingerprint density at radius 3 is 2.79 bits per heavy atom. The fraction of sp³-hybridized carbons (Fsp3) is 0.500. The first-order valence-corrected chi connectivity index (χ1v) is 6.07. The molecule has 2 heteroatoms. The summed E-state index contributed by atoms with van der Waals surface area (Å²) in [7, 11) is 0. The smallest absolute Gasteiger partial charge is 0.0478 e. The molecule has 1 heterocycles. The Labute approximate surface area is 90.3 Å². The third-order valence-electron chi connectivity index (χ3n) is 2.52. The van der Waals surface area contributed by atoms with Crippen LogP contribution in [0.15, 0.2) is 23.1 Å². The Balaban J connectivity index is 2.39. The highest BCUT2D eigenvalue weighted by Crippen LogP contribution is 2.34. The molecule has 0 atom stereocenters. The molecule has 0 spiro atoms. The fourth-order valence-electron chi connectivity index (χ4n) is 1.60. The lowest BCUT2D eigenvalue weighted by Crippen LogP contribution is -2.14. The van der Waals surface area contributed by atoms with Gasteiger partial charge in [0.05, 0.1) is 0 Å². The lowest BCUT2D eigenvalue weighted by Gasteiger charge is -2.23. The second-order valence-corrected chi connectivity index (χ2v) is 5.87. The van der Waals surface area contributed by atoms with Crippen LogP contribution in [0.1, 0.15) is 26.3 Å². The van der Waals surface area contributed by atoms with E-state index in [1.807, 2.05) is 11.8 Å². The van der Waals surface area contributed by atoms with Crippen LogP contribution in [0, 0.1) is 0 Å². The van der Waals surface area contributed by atoms with Gasteiger partial charge in [0, 0.05) is 22.9 Å². The zero-order valence-electron chi connectivity index (χ0n) is 9.05. The predicted molar refractivity (Wildman–Crippen MR) is 64.4 cm³/mol. The number of benzene rings is 1. The van der Waals surface area contributed by atoms with E-state index in [9.17, 15) is 0 Å². The molecule has 1 aliphatic rings. The molecule has 2 rings (SSSR count). The van der Waals surface area contributed by atoms with Crippen LogP contribution in [0.25, 0.3) is 0 Å². The van der Waals surface area contributed by atoms with Gasteiger partial charge in [-0.2, -0.15) is 0 Å². The molecule has 14 heavy (non-hydrogen) atoms. The van der Waals surface area contributed by atoms with Gasteiger partial charge >= 0.3 is 0 Å². The highest BCUT2D eigenvalue weighted by Gasteiger charge is 2.16. The van der Waals surface area contributed by atoms with E-state index in [0.717, 1.165) is 6.54 Å². The lowest BCUT2D eigenvalue weighted by atomic mass is 9.87. The molecule has 0 radical (unpaired) electrons. The van der Waals surface area contributed by atoms with E-state index in [1.54, 1.807) is 0 Å². The molecule has 1 aliphatic heterocycles. The molecule has 1 aromatic rings. The Hall–Kier alpha value is -0.630. The number of nitrogens with one attached hydrogen (secondary N) is 1. The van der Waals surface area contributed by atoms with Gasteiger partial charge in [0.15, 0.2) is 0 Å². The van der Waals surface area contributed by atoms with Crippen molar-refractivity contribution in [3.63, 3.8) is 0 Å². The van der Waals surface area contributed by atoms with Crippen LogP contribution in [-0.4, -0.2) is 12.3 Å². The minimum atomic E-state index is 0.257. The molecule has 0 saturated carbocycles. The van der Waals surface area contributed by atoms with E-state index in [4.69, 9.17) is 0 Å². The largest absolute Gasteiger partial charge is 0.383 e. The van der Waals surface area contributed by atoms with E-state index < -0.39 is 0 Å². The number of rotatable bonds is 0. The molecular weight excluding hydrogens is 190 g/mol. The molecule has 0 bridgehead atoms. The van der Waals surface area contributed by atoms with Gasteiger partial charge in [-0.25, -0.2) is 0 Å². The minimum Gasteiger partial charge on any atom is -0.383 e. The van der Waals surface area contributed by atoms with Crippen molar-refractivity contribution in [1.82, 2.24) is 0 Å². The second-order valence-electron chi connectivity index (χ2n) is 4.74. The number of fused-ring (bicyclic) bond motifs is 1. The van der Waals surface area contributed by atoms with Crippen LogP contribution < -0.4 is 5.32 Å². The maximum absolute atomic E-state index is 3.42. The maximum atomic E-state index is 3.42. The number of anilines is 1. The van der Waals surface area contributed by atoms with Crippen molar-refractivity contribution in [1.29, 1.82) is 0 Å². The number of hydrogen-bond donors (Lipinski definition) is 1. The van der Waals surface area contributed by atoms with E-state index in [1.165, 1.54) is 21.9 Å². The summed E-state index contributed by atoms with van der Waals surface area (Å²) in [5, 5.41) is 3.42. The summed E-state index contributed by atoms with van der Waals surface area (Å²) in [6.07, 6.45) is 0. The summed E-state index contributed by atoms with van der Waals surface area (Å²) < 4.78 is 0. The van der Waals surface area contributed by atoms with Crippen LogP contribution in [0.2, 0.25) is 0 Å². The zero-order chi connectivity index (χ0) is 10.2. The van der Waals surface area contributed by atoms with E-state index >= 15 is 0 Å². The summed E-state index contributed by atoms with van der Waals surface area (Å²) in [4.78, 5) is 1.41. The van der Waals surface area contributed by atoms with Crippen molar-refractivity contribution >= 4 is 17.4 Å². The first kappa shape index (κ1) is 9.91. The van der Waals surface area contributed by atoms with Crippen LogP contribution >= 0.6 is 11.8 Å². The van der Waals surface area contributed by atoms with Crippen molar-refractivity contribution in [3.05, 3.63) is 23.8 Å². The SMILES string of the molecule is CC(C)(C)c1ccc2c(c1)SCCN2. The van der Waals surface area contributed by atoms with Crippen molar-refractivity contribution in [2.75, 3.05) is 17.6 Å². The third kappa shape index (κ3) is 1.90. The molecule has 0 aromatic heterocycles. The Morgan fingerprint density at radius 1 is 1.29 bits per heavy atom. The molecular formula is C12H17NS. The normalized spacial score (nSPS) is 15.9. The van der Waals surface area contributed by atoms with Crippen LogP contribution in [0.4, 0.5) is 5.69 Å². The van der Waals surface area contributed by atoms with Crippen LogP contribution in [0.5, 0.6) is 0 Å². The average Bonchev–Trinajstić information content (AvgIpc) is 2.16. The van der Waals surface area contributed by atoms with Crippen molar-refractivity contribution in [3.8, 4) is 0 Å². The predicted octanol–water partition coefficient (Wildman–Crippen LogP) is 3.50. The van der Waals surface area contributed by atoms with Gasteiger partial charge in [-0.3, -0.25) is 0 Å². The summed E-state index contributed by atoms with van der Waals surface area (Å²) in [5.41, 5.74) is 2.98. The van der Waals surface area contributed by atoms with Crippen molar-refractivity contribution in [2.24, 2.45) is 0 Å². The van der Waals surface area contributed by atoms with Crippen molar-refractivity contribution in [2.45, 2.75) is 31.1 Å². The highest BCUT2D eigenvalue weighted by atomic mass is 32.2. The quantitative estimate of drug-likeness (QED) is 0.699. The van der Waals surface area contributed by atoms with E-state index in [2.05, 4.69) is 44.3 Å². The summed E-state index contributed by atoms with van der Waals surface area (Å²) >= 11 is 1.96. The van der Waals surface area contributed by atoms with Gasteiger partial charge in [-0.1, -0.05) is 26.8 Å². The van der Waals surface area contributed by atoms with Crippen LogP contribution in [-0.2, 0) is 5.41 Å². The Morgan fingerprint density at radius 2 is 2.07 bits per heavy atom. The molecule has 76 valence electrons. The first-order chi connectivity index (χ1) is 6.57. The first-order valence-electron chi connectivity index (χ1n) is 5.08. The molecule has 0 unspecified atom stereocenters. The Kier molecular flexibility index (Phi) is 2.48. The summed E-state index contributed by atoms with van der Waals surface area (Å²) in [6.45, 7) is 7.87. The minimum absolute atomic E-state index is 0.257. The van der Waals surface area contributed by atoms with E-state index in [0.29, 0.717) is 0 Å². The molecule has 1 aromatic carbocycles. The average molecular weight is 207 g/mol. The van der Waals surface area contributed by atoms with Crippen molar-refractivity contribution < 1.29 is 0 Å². The maximum Gasteiger partial charge on any atom is 0.0478 e. The fourth-order valence-corrected chi connectivity index (χ4v) is 2.53. The molecule has 1 N–H and O–H groups in total. The van der Waals surface area contributed by atoms with Crippen LogP contribution in [0.3, 0.4) is 0 Å². The summed E-state index contributed by atoms with van der Waals surface area (Å²) in [6, 6.07) is 6.77. The van der Waals surface area contributed by atoms with Gasteiger partial charge in [0.25, 0.3) is 0 Å².